The Balaban J connectivity index is 1.90. The number of hydrogen-bond acceptors (Lipinski definition) is 5. The SMILES string of the molecule is COc1ccccc1CNC(=O)[C@@H](C)OC(=O)/C=C/c1c(C)nn(C)c1C. The quantitative estimate of drug-likeness (QED) is 0.597. The fraction of sp³-hybridized carbons (Fsp3) is 0.350. The maximum Gasteiger partial charge on any atom is 0.331 e. The number of esters is 1. The van der Waals surface area contributed by atoms with Crippen molar-refractivity contribution in [2.75, 3.05) is 7.11 Å². The van der Waals surface area contributed by atoms with E-state index in [0.29, 0.717) is 5.75 Å². The molecule has 0 aliphatic rings. The van der Waals surface area contributed by atoms with Gasteiger partial charge in [0.15, 0.2) is 6.10 Å². The zero-order valence-electron chi connectivity index (χ0n) is 16.3. The molecule has 1 heterocycles. The maximum absolute atomic E-state index is 12.2. The fourth-order valence-electron chi connectivity index (χ4n) is 2.62. The van der Waals surface area contributed by atoms with E-state index in [0.717, 1.165) is 22.5 Å². The molecule has 1 aromatic carbocycles. The van der Waals surface area contributed by atoms with Crippen LogP contribution in [0.25, 0.3) is 6.08 Å². The average molecular weight is 371 g/mol. The van der Waals surface area contributed by atoms with Crippen LogP contribution in [0.15, 0.2) is 30.3 Å². The summed E-state index contributed by atoms with van der Waals surface area (Å²) >= 11 is 0. The molecule has 7 heteroatoms. The molecule has 0 fully saturated rings. The van der Waals surface area contributed by atoms with Crippen LogP contribution in [0.5, 0.6) is 5.75 Å². The topological polar surface area (TPSA) is 82.4 Å². The molecule has 0 radical (unpaired) electrons. The highest BCUT2D eigenvalue weighted by atomic mass is 16.5. The lowest BCUT2D eigenvalue weighted by Crippen LogP contribution is -2.35. The van der Waals surface area contributed by atoms with Gasteiger partial charge in [0.2, 0.25) is 0 Å². The van der Waals surface area contributed by atoms with Crippen molar-refractivity contribution in [3.05, 3.63) is 52.9 Å². The first kappa shape index (κ1) is 20.2. The van der Waals surface area contributed by atoms with Gasteiger partial charge in [-0.15, -0.1) is 0 Å². The maximum atomic E-state index is 12.2. The third-order valence-corrected chi connectivity index (χ3v) is 4.26. The standard InChI is InChI=1S/C20H25N3O4/c1-13-17(14(2)23(4)22-13)10-11-19(24)27-15(3)20(25)21-12-16-8-6-7-9-18(16)26-5/h6-11,15H,12H2,1-5H3,(H,21,25)/b11-10+/t15-/m1/s1. The number of methoxy groups -OCH3 is 1. The van der Waals surface area contributed by atoms with Gasteiger partial charge in [0, 0.05) is 36.5 Å². The van der Waals surface area contributed by atoms with E-state index in [1.54, 1.807) is 17.9 Å². The molecule has 1 atom stereocenters. The minimum atomic E-state index is -0.909. The second-order valence-electron chi connectivity index (χ2n) is 6.15. The summed E-state index contributed by atoms with van der Waals surface area (Å²) in [6.07, 6.45) is 2.05. The molecule has 7 nitrogen and oxygen atoms in total. The van der Waals surface area contributed by atoms with E-state index in [-0.39, 0.29) is 12.5 Å². The number of rotatable bonds is 7. The number of aromatic nitrogens is 2. The fourth-order valence-corrected chi connectivity index (χ4v) is 2.62. The van der Waals surface area contributed by atoms with Gasteiger partial charge in [-0.25, -0.2) is 4.79 Å². The van der Waals surface area contributed by atoms with Crippen molar-refractivity contribution in [1.82, 2.24) is 15.1 Å². The van der Waals surface area contributed by atoms with E-state index in [4.69, 9.17) is 9.47 Å². The van der Waals surface area contributed by atoms with Crippen LogP contribution in [0.2, 0.25) is 0 Å². The molecule has 0 spiro atoms. The van der Waals surface area contributed by atoms with Crippen LogP contribution < -0.4 is 10.1 Å². The van der Waals surface area contributed by atoms with Gasteiger partial charge in [-0.1, -0.05) is 18.2 Å². The molecule has 1 amide bonds. The van der Waals surface area contributed by atoms with Gasteiger partial charge >= 0.3 is 5.97 Å². The second kappa shape index (κ2) is 9.02. The first-order valence-electron chi connectivity index (χ1n) is 8.62. The highest BCUT2D eigenvalue weighted by Crippen LogP contribution is 2.17. The number of carbonyl (C=O) groups excluding carboxylic acids is 2. The number of carbonyl (C=O) groups is 2. The summed E-state index contributed by atoms with van der Waals surface area (Å²) in [5.74, 6) is -0.276. The van der Waals surface area contributed by atoms with Crippen LogP contribution in [-0.4, -0.2) is 34.9 Å². The lowest BCUT2D eigenvalue weighted by molar-refractivity contribution is -0.150. The summed E-state index contributed by atoms with van der Waals surface area (Å²) in [6.45, 7) is 5.60. The van der Waals surface area contributed by atoms with Crippen molar-refractivity contribution >= 4 is 18.0 Å². The normalized spacial score (nSPS) is 12.0. The summed E-state index contributed by atoms with van der Waals surface area (Å²) in [5.41, 5.74) is 3.47. The Labute approximate surface area is 159 Å². The minimum absolute atomic E-state index is 0.286. The van der Waals surface area contributed by atoms with Crippen LogP contribution in [0.4, 0.5) is 0 Å². The summed E-state index contributed by atoms with van der Waals surface area (Å²) < 4.78 is 12.2. The third kappa shape index (κ3) is 5.20. The lowest BCUT2D eigenvalue weighted by atomic mass is 10.2. The summed E-state index contributed by atoms with van der Waals surface area (Å²) in [6, 6.07) is 7.39. The molecule has 1 N–H and O–H groups in total. The number of amides is 1. The Bertz CT molecular complexity index is 855. The van der Waals surface area contributed by atoms with Crippen molar-refractivity contribution in [2.24, 2.45) is 7.05 Å². The largest absolute Gasteiger partial charge is 0.496 e. The number of aryl methyl sites for hydroxylation is 2. The van der Waals surface area contributed by atoms with E-state index in [2.05, 4.69) is 10.4 Å². The summed E-state index contributed by atoms with van der Waals surface area (Å²) in [4.78, 5) is 24.2. The van der Waals surface area contributed by atoms with Crippen LogP contribution in [0.1, 0.15) is 29.4 Å². The molecule has 2 rings (SSSR count). The van der Waals surface area contributed by atoms with Gasteiger partial charge in [0.05, 0.1) is 12.8 Å². The molecule has 0 aliphatic heterocycles. The second-order valence-corrected chi connectivity index (χ2v) is 6.15. The van der Waals surface area contributed by atoms with E-state index in [1.165, 1.54) is 13.0 Å². The predicted octanol–water partition coefficient (Wildman–Crippen LogP) is 2.31. The monoisotopic (exact) mass is 371 g/mol. The molecular formula is C20H25N3O4. The Morgan fingerprint density at radius 2 is 2.00 bits per heavy atom. The summed E-state index contributed by atoms with van der Waals surface area (Å²) in [5, 5.41) is 7.02. The number of nitrogens with zero attached hydrogens (tertiary/aromatic N) is 2. The average Bonchev–Trinajstić information content (AvgIpc) is 2.89. The van der Waals surface area contributed by atoms with E-state index >= 15 is 0 Å². The zero-order chi connectivity index (χ0) is 20.0. The predicted molar refractivity (Wildman–Crippen MR) is 102 cm³/mol. The van der Waals surface area contributed by atoms with Crippen LogP contribution in [-0.2, 0) is 27.9 Å². The zero-order valence-corrected chi connectivity index (χ0v) is 16.3. The molecule has 27 heavy (non-hydrogen) atoms. The molecule has 2 aromatic rings. The number of hydrogen-bond donors (Lipinski definition) is 1. The molecule has 0 aliphatic carbocycles. The first-order valence-corrected chi connectivity index (χ1v) is 8.62. The van der Waals surface area contributed by atoms with Gasteiger partial charge in [-0.2, -0.15) is 5.10 Å². The third-order valence-electron chi connectivity index (χ3n) is 4.26. The van der Waals surface area contributed by atoms with Crippen molar-refractivity contribution in [3.63, 3.8) is 0 Å². The van der Waals surface area contributed by atoms with Crippen molar-refractivity contribution in [1.29, 1.82) is 0 Å². The van der Waals surface area contributed by atoms with E-state index in [1.807, 2.05) is 45.2 Å². The van der Waals surface area contributed by atoms with Crippen molar-refractivity contribution in [2.45, 2.75) is 33.4 Å². The van der Waals surface area contributed by atoms with Gasteiger partial charge in [0.1, 0.15) is 5.75 Å². The minimum Gasteiger partial charge on any atom is -0.496 e. The first-order chi connectivity index (χ1) is 12.8. The van der Waals surface area contributed by atoms with Crippen LogP contribution in [0.3, 0.4) is 0 Å². The molecule has 144 valence electrons. The lowest BCUT2D eigenvalue weighted by Gasteiger charge is -2.13. The van der Waals surface area contributed by atoms with Crippen molar-refractivity contribution in [3.8, 4) is 5.75 Å². The molecule has 1 aromatic heterocycles. The highest BCUT2D eigenvalue weighted by molar-refractivity contribution is 5.90. The smallest absolute Gasteiger partial charge is 0.331 e. The van der Waals surface area contributed by atoms with Crippen LogP contribution in [0, 0.1) is 13.8 Å². The molecule has 0 unspecified atom stereocenters. The van der Waals surface area contributed by atoms with Gasteiger partial charge < -0.3 is 14.8 Å². The highest BCUT2D eigenvalue weighted by Gasteiger charge is 2.17. The number of para-hydroxylation sites is 1. The van der Waals surface area contributed by atoms with Crippen molar-refractivity contribution < 1.29 is 19.1 Å². The molecule has 0 saturated heterocycles. The molecular weight excluding hydrogens is 346 g/mol. The Kier molecular flexibility index (Phi) is 6.76. The molecule has 0 saturated carbocycles. The molecule has 0 bridgehead atoms. The van der Waals surface area contributed by atoms with Gasteiger partial charge in [-0.3, -0.25) is 9.48 Å². The number of benzene rings is 1. The van der Waals surface area contributed by atoms with Crippen LogP contribution >= 0.6 is 0 Å². The van der Waals surface area contributed by atoms with Gasteiger partial charge in [0.25, 0.3) is 5.91 Å². The van der Waals surface area contributed by atoms with E-state index in [9.17, 15) is 9.59 Å². The van der Waals surface area contributed by atoms with Gasteiger partial charge in [-0.05, 0) is 32.9 Å². The summed E-state index contributed by atoms with van der Waals surface area (Å²) in [7, 11) is 3.41. The number of ether oxygens (including phenoxy) is 2. The van der Waals surface area contributed by atoms with E-state index < -0.39 is 12.1 Å². The Morgan fingerprint density at radius 1 is 1.30 bits per heavy atom. The number of nitrogens with one attached hydrogen (secondary N) is 1. The Morgan fingerprint density at radius 3 is 2.63 bits per heavy atom. The Hall–Kier alpha value is -3.09.